The summed E-state index contributed by atoms with van der Waals surface area (Å²) in [4.78, 5) is 0. The highest BCUT2D eigenvalue weighted by Gasteiger charge is 2.24. The van der Waals surface area contributed by atoms with Gasteiger partial charge in [-0.25, -0.2) is 4.57 Å². The van der Waals surface area contributed by atoms with Gasteiger partial charge in [-0.05, 0) is 36.4 Å². The summed E-state index contributed by atoms with van der Waals surface area (Å²) < 4.78 is 22.1. The van der Waals surface area contributed by atoms with Gasteiger partial charge < -0.3 is 9.05 Å². The third-order valence-electron chi connectivity index (χ3n) is 1.99. The van der Waals surface area contributed by atoms with Crippen molar-refractivity contribution in [3.8, 4) is 11.5 Å². The van der Waals surface area contributed by atoms with Gasteiger partial charge in [0.2, 0.25) is 0 Å². The predicted octanol–water partition coefficient (Wildman–Crippen LogP) is 5.14. The molecule has 0 spiro atoms. The van der Waals surface area contributed by atoms with Gasteiger partial charge in [0, 0.05) is 16.3 Å². The lowest BCUT2D eigenvalue weighted by Crippen LogP contribution is -1.94. The van der Waals surface area contributed by atoms with Gasteiger partial charge in [-0.1, -0.05) is 29.8 Å². The van der Waals surface area contributed by atoms with E-state index in [0.717, 1.165) is 0 Å². The van der Waals surface area contributed by atoms with Gasteiger partial charge in [0.15, 0.2) is 0 Å². The van der Waals surface area contributed by atoms with Crippen molar-refractivity contribution >= 4 is 29.8 Å². The maximum atomic E-state index is 11.9. The molecule has 2 aromatic rings. The molecule has 0 saturated carbocycles. The van der Waals surface area contributed by atoms with Gasteiger partial charge in [-0.15, -0.1) is 0 Å². The molecule has 0 amide bonds. The Bertz CT molecular complexity index is 557. The lowest BCUT2D eigenvalue weighted by Gasteiger charge is -2.13. The van der Waals surface area contributed by atoms with E-state index >= 15 is 0 Å². The molecule has 94 valence electrons. The Morgan fingerprint density at radius 1 is 0.833 bits per heavy atom. The molecule has 0 N–H and O–H groups in total. The average Bonchev–Trinajstić information content (AvgIpc) is 2.32. The summed E-state index contributed by atoms with van der Waals surface area (Å²) in [7, 11) is 0. The number of hydrogen-bond acceptors (Lipinski definition) is 3. The smallest absolute Gasteiger partial charge is 0.405 e. The predicted molar refractivity (Wildman–Crippen MR) is 72.6 cm³/mol. The molecule has 0 aliphatic carbocycles. The summed E-state index contributed by atoms with van der Waals surface area (Å²) in [6.45, 7) is -3.72. The minimum Gasteiger partial charge on any atom is -0.405 e. The van der Waals surface area contributed by atoms with Crippen LogP contribution in [0.2, 0.25) is 5.02 Å². The molecule has 0 heterocycles. The van der Waals surface area contributed by atoms with Gasteiger partial charge in [-0.2, -0.15) is 0 Å². The van der Waals surface area contributed by atoms with Crippen molar-refractivity contribution in [2.24, 2.45) is 0 Å². The first kappa shape index (κ1) is 13.3. The molecule has 0 aromatic heterocycles. The lowest BCUT2D eigenvalue weighted by atomic mass is 10.3. The van der Waals surface area contributed by atoms with E-state index in [1.54, 1.807) is 48.5 Å². The van der Waals surface area contributed by atoms with E-state index in [1.165, 1.54) is 0 Å². The van der Waals surface area contributed by atoms with E-state index < -0.39 is 6.95 Å². The van der Waals surface area contributed by atoms with Crippen molar-refractivity contribution in [2.45, 2.75) is 0 Å². The van der Waals surface area contributed by atoms with Crippen LogP contribution in [0.3, 0.4) is 0 Å². The fraction of sp³-hybridized carbons (Fsp3) is 0. The summed E-state index contributed by atoms with van der Waals surface area (Å²) in [6, 6.07) is 14.9. The van der Waals surface area contributed by atoms with Crippen molar-refractivity contribution in [2.75, 3.05) is 0 Å². The second kappa shape index (κ2) is 5.66. The molecule has 0 radical (unpaired) electrons. The summed E-state index contributed by atoms with van der Waals surface area (Å²) in [5, 5.41) is 0.552. The largest absolute Gasteiger partial charge is 0.530 e. The van der Waals surface area contributed by atoms with E-state index in [0.29, 0.717) is 16.5 Å². The molecule has 2 rings (SSSR count). The molecule has 6 heteroatoms. The molecule has 0 fully saturated rings. The van der Waals surface area contributed by atoms with Crippen molar-refractivity contribution < 1.29 is 13.6 Å². The second-order valence-corrected chi connectivity index (χ2v) is 6.29. The number of hydrogen-bond donors (Lipinski definition) is 0. The van der Waals surface area contributed by atoms with Crippen LogP contribution in [-0.2, 0) is 4.57 Å². The van der Waals surface area contributed by atoms with Gasteiger partial charge in [-0.3, -0.25) is 0 Å². The lowest BCUT2D eigenvalue weighted by molar-refractivity contribution is 0.406. The summed E-state index contributed by atoms with van der Waals surface area (Å²) in [5.41, 5.74) is 0. The van der Waals surface area contributed by atoms with Crippen molar-refractivity contribution in [1.82, 2.24) is 0 Å². The van der Waals surface area contributed by atoms with Gasteiger partial charge >= 0.3 is 6.95 Å². The molecule has 0 saturated heterocycles. The standard InChI is InChI=1S/C12H9Cl2O3P/c13-10-6-8-12(9-7-10)17-18(14,15)16-11-4-2-1-3-5-11/h1-9H/t18-/m0/s1. The quantitative estimate of drug-likeness (QED) is 0.733. The van der Waals surface area contributed by atoms with Crippen LogP contribution in [0.5, 0.6) is 11.5 Å². The summed E-state index contributed by atoms with van der Waals surface area (Å²) in [6.07, 6.45) is 0. The summed E-state index contributed by atoms with van der Waals surface area (Å²) >= 11 is 11.4. The summed E-state index contributed by atoms with van der Waals surface area (Å²) in [5.74, 6) is 0.707. The molecule has 2 aromatic carbocycles. The zero-order valence-corrected chi connectivity index (χ0v) is 11.5. The number of rotatable bonds is 4. The van der Waals surface area contributed by atoms with Crippen LogP contribution >= 0.6 is 29.8 Å². The number of para-hydroxylation sites is 1. The van der Waals surface area contributed by atoms with E-state index in [2.05, 4.69) is 0 Å². The van der Waals surface area contributed by atoms with E-state index in [1.807, 2.05) is 6.07 Å². The van der Waals surface area contributed by atoms with Crippen LogP contribution < -0.4 is 9.05 Å². The normalized spacial score (nSPS) is 13.7. The zero-order valence-electron chi connectivity index (χ0n) is 9.12. The number of halogens is 2. The molecule has 18 heavy (non-hydrogen) atoms. The first-order valence-electron chi connectivity index (χ1n) is 5.05. The van der Waals surface area contributed by atoms with Crippen LogP contribution in [0, 0.1) is 0 Å². The van der Waals surface area contributed by atoms with Crippen molar-refractivity contribution in [3.63, 3.8) is 0 Å². The first-order chi connectivity index (χ1) is 8.55. The average molecular weight is 303 g/mol. The van der Waals surface area contributed by atoms with E-state index in [-0.39, 0.29) is 0 Å². The highest BCUT2D eigenvalue weighted by Crippen LogP contribution is 2.53. The Labute approximate surface area is 115 Å². The third kappa shape index (κ3) is 3.95. The van der Waals surface area contributed by atoms with Crippen molar-refractivity contribution in [1.29, 1.82) is 0 Å². The van der Waals surface area contributed by atoms with Crippen LogP contribution in [0.15, 0.2) is 54.6 Å². The topological polar surface area (TPSA) is 35.5 Å². The van der Waals surface area contributed by atoms with Crippen LogP contribution in [-0.4, -0.2) is 0 Å². The Morgan fingerprint density at radius 2 is 1.33 bits per heavy atom. The molecule has 0 bridgehead atoms. The molecule has 1 atom stereocenters. The number of benzene rings is 2. The van der Waals surface area contributed by atoms with E-state index in [9.17, 15) is 4.57 Å². The zero-order chi connectivity index (χ0) is 13.0. The SMILES string of the molecule is O=[P@@](Cl)(Oc1ccccc1)Oc1ccc(Cl)cc1. The van der Waals surface area contributed by atoms with E-state index in [4.69, 9.17) is 31.9 Å². The van der Waals surface area contributed by atoms with Gasteiger partial charge in [0.1, 0.15) is 11.5 Å². The minimum atomic E-state index is -3.72. The fourth-order valence-corrected chi connectivity index (χ4v) is 2.64. The Morgan fingerprint density at radius 3 is 1.89 bits per heavy atom. The Balaban J connectivity index is 2.08. The fourth-order valence-electron chi connectivity index (χ4n) is 1.25. The maximum absolute atomic E-state index is 11.9. The molecular weight excluding hydrogens is 294 g/mol. The van der Waals surface area contributed by atoms with Crippen molar-refractivity contribution in [3.05, 3.63) is 59.6 Å². The molecular formula is C12H9Cl2O3P. The molecule has 0 unspecified atom stereocenters. The first-order valence-corrected chi connectivity index (χ1v) is 7.87. The Hall–Kier alpha value is -1.15. The molecule has 3 nitrogen and oxygen atoms in total. The van der Waals surface area contributed by atoms with Gasteiger partial charge in [0.05, 0.1) is 0 Å². The van der Waals surface area contributed by atoms with Crippen LogP contribution in [0.1, 0.15) is 0 Å². The second-order valence-electron chi connectivity index (χ2n) is 3.38. The third-order valence-corrected chi connectivity index (χ3v) is 3.51. The van der Waals surface area contributed by atoms with Crippen LogP contribution in [0.25, 0.3) is 0 Å². The Kier molecular flexibility index (Phi) is 4.18. The van der Waals surface area contributed by atoms with Crippen LogP contribution in [0.4, 0.5) is 0 Å². The highest BCUT2D eigenvalue weighted by molar-refractivity contribution is 7.82. The molecule has 0 aliphatic rings. The molecule has 0 aliphatic heterocycles. The highest BCUT2D eigenvalue weighted by atomic mass is 35.7. The minimum absolute atomic E-state index is 0.327. The van der Waals surface area contributed by atoms with Gasteiger partial charge in [0.25, 0.3) is 0 Å². The maximum Gasteiger partial charge on any atom is 0.530 e. The monoisotopic (exact) mass is 302 g/mol.